The van der Waals surface area contributed by atoms with Crippen molar-refractivity contribution in [3.63, 3.8) is 0 Å². The van der Waals surface area contributed by atoms with Gasteiger partial charge in [0, 0.05) is 17.2 Å². The highest BCUT2D eigenvalue weighted by Gasteiger charge is 2.10. The van der Waals surface area contributed by atoms with Gasteiger partial charge in [0.1, 0.15) is 12.0 Å². The van der Waals surface area contributed by atoms with Gasteiger partial charge in [0.25, 0.3) is 0 Å². The minimum Gasteiger partial charge on any atom is -0.609 e. The van der Waals surface area contributed by atoms with Gasteiger partial charge in [-0.3, -0.25) is 4.98 Å². The van der Waals surface area contributed by atoms with Gasteiger partial charge in [-0.25, -0.2) is 0 Å². The van der Waals surface area contributed by atoms with Crippen molar-refractivity contribution in [2.75, 3.05) is 13.4 Å². The molecule has 0 amide bonds. The molecule has 0 saturated heterocycles. The molecule has 74 valence electrons. The second-order valence-electron chi connectivity index (χ2n) is 2.88. The number of ether oxygens (including phenoxy) is 1. The van der Waals surface area contributed by atoms with Gasteiger partial charge in [0.15, 0.2) is 0 Å². The maximum absolute atomic E-state index is 11.2. The van der Waals surface area contributed by atoms with Crippen LogP contribution in [0, 0.1) is 0 Å². The van der Waals surface area contributed by atoms with E-state index in [0.29, 0.717) is 5.16 Å². The molecule has 14 heavy (non-hydrogen) atoms. The lowest BCUT2D eigenvalue weighted by Crippen LogP contribution is -1.98. The first-order valence-electron chi connectivity index (χ1n) is 4.08. The molecule has 1 atom stereocenters. The molecule has 2 rings (SSSR count). The molecule has 1 heterocycles. The summed E-state index contributed by atoms with van der Waals surface area (Å²) < 4.78 is 16.2. The molecule has 5 heteroatoms. The number of nitrogens with one attached hydrogen (secondary N) is 1. The van der Waals surface area contributed by atoms with Crippen molar-refractivity contribution in [2.45, 2.75) is 5.16 Å². The van der Waals surface area contributed by atoms with E-state index in [4.69, 9.17) is 4.74 Å². The molecule has 1 aromatic heterocycles. The van der Waals surface area contributed by atoms with Gasteiger partial charge in [0.05, 0.1) is 18.1 Å². The van der Waals surface area contributed by atoms with Gasteiger partial charge in [-0.2, -0.15) is 4.98 Å². The summed E-state index contributed by atoms with van der Waals surface area (Å²) in [4.78, 5) is 7.16. The first kappa shape index (κ1) is 9.36. The molecule has 4 nitrogen and oxygen atoms in total. The fraction of sp³-hybridized carbons (Fsp3) is 0.222. The molecule has 0 radical (unpaired) electrons. The highest BCUT2D eigenvalue weighted by molar-refractivity contribution is 7.90. The van der Waals surface area contributed by atoms with E-state index in [2.05, 4.69) is 9.97 Å². The summed E-state index contributed by atoms with van der Waals surface area (Å²) in [5.41, 5.74) is 1.64. The van der Waals surface area contributed by atoms with Crippen molar-refractivity contribution in [1.29, 1.82) is 0 Å². The van der Waals surface area contributed by atoms with E-state index >= 15 is 0 Å². The third-order valence-electron chi connectivity index (χ3n) is 1.94. The molecule has 0 bridgehead atoms. The number of nitrogens with zero attached hydrogens (tertiary/aromatic N) is 1. The number of hydrogen-bond acceptors (Lipinski definition) is 3. The Morgan fingerprint density at radius 3 is 2.93 bits per heavy atom. The molecule has 0 fully saturated rings. The number of imidazole rings is 1. The minimum atomic E-state index is -1.08. The monoisotopic (exact) mass is 210 g/mol. The Morgan fingerprint density at radius 1 is 1.50 bits per heavy atom. The summed E-state index contributed by atoms with van der Waals surface area (Å²) in [6.45, 7) is 0. The van der Waals surface area contributed by atoms with Gasteiger partial charge in [0.2, 0.25) is 0 Å². The summed E-state index contributed by atoms with van der Waals surface area (Å²) in [5.74, 6) is 0.748. The minimum absolute atomic E-state index is 0.494. The second-order valence-corrected chi connectivity index (χ2v) is 4.17. The van der Waals surface area contributed by atoms with E-state index in [1.807, 2.05) is 18.2 Å². The molecule has 0 spiro atoms. The average molecular weight is 210 g/mol. The summed E-state index contributed by atoms with van der Waals surface area (Å²) in [7, 11) is 1.60. The van der Waals surface area contributed by atoms with E-state index in [0.717, 1.165) is 16.8 Å². The van der Waals surface area contributed by atoms with Gasteiger partial charge >= 0.3 is 5.16 Å². The zero-order chi connectivity index (χ0) is 10.1. The van der Waals surface area contributed by atoms with Crippen LogP contribution in [0.4, 0.5) is 0 Å². The Hall–Kier alpha value is -1.20. The van der Waals surface area contributed by atoms with Crippen molar-refractivity contribution >= 4 is 22.2 Å². The largest absolute Gasteiger partial charge is 0.609 e. The summed E-state index contributed by atoms with van der Waals surface area (Å²) in [6, 6.07) is 5.50. The normalized spacial score (nSPS) is 13.1. The van der Waals surface area contributed by atoms with Crippen LogP contribution in [-0.4, -0.2) is 27.9 Å². The first-order valence-corrected chi connectivity index (χ1v) is 5.63. The number of H-pyrrole nitrogens is 1. The lowest BCUT2D eigenvalue weighted by atomic mass is 10.3. The molecule has 0 aliphatic heterocycles. The van der Waals surface area contributed by atoms with E-state index in [1.54, 1.807) is 13.4 Å². The van der Waals surface area contributed by atoms with Crippen molar-refractivity contribution in [3.8, 4) is 5.75 Å². The predicted molar refractivity (Wildman–Crippen MR) is 55.0 cm³/mol. The lowest BCUT2D eigenvalue weighted by Gasteiger charge is -1.96. The number of fused-ring (bicyclic) bond motifs is 1. The van der Waals surface area contributed by atoms with E-state index in [9.17, 15) is 4.55 Å². The Kier molecular flexibility index (Phi) is 2.35. The van der Waals surface area contributed by atoms with Crippen LogP contribution in [-0.2, 0) is 11.2 Å². The van der Waals surface area contributed by atoms with Crippen molar-refractivity contribution < 1.29 is 9.29 Å². The van der Waals surface area contributed by atoms with Crippen LogP contribution in [0.25, 0.3) is 11.0 Å². The molecule has 0 aliphatic rings. The van der Waals surface area contributed by atoms with Crippen molar-refractivity contribution in [3.05, 3.63) is 18.2 Å². The van der Waals surface area contributed by atoms with Crippen LogP contribution < -0.4 is 4.74 Å². The Labute approximate surface area is 84.5 Å². The summed E-state index contributed by atoms with van der Waals surface area (Å²) >= 11 is -1.08. The molecule has 2 aromatic rings. The van der Waals surface area contributed by atoms with Crippen molar-refractivity contribution in [2.24, 2.45) is 0 Å². The molecule has 1 aromatic carbocycles. The van der Waals surface area contributed by atoms with Crippen LogP contribution in [0.1, 0.15) is 0 Å². The number of aromatic nitrogens is 2. The Bertz CT molecular complexity index is 453. The smallest absolute Gasteiger partial charge is 0.321 e. The average Bonchev–Trinajstić information content (AvgIpc) is 2.59. The highest BCUT2D eigenvalue weighted by atomic mass is 32.2. The van der Waals surface area contributed by atoms with Gasteiger partial charge in [-0.05, 0) is 12.1 Å². The van der Waals surface area contributed by atoms with Gasteiger partial charge in [-0.15, -0.1) is 0 Å². The molecule has 1 N–H and O–H groups in total. The third kappa shape index (κ3) is 1.56. The van der Waals surface area contributed by atoms with Gasteiger partial charge < -0.3 is 9.29 Å². The predicted octanol–water partition coefficient (Wildman–Crippen LogP) is 1.31. The maximum atomic E-state index is 11.2. The third-order valence-corrected chi connectivity index (χ3v) is 2.68. The summed E-state index contributed by atoms with van der Waals surface area (Å²) in [6.07, 6.45) is 1.59. The van der Waals surface area contributed by atoms with E-state index in [1.165, 1.54) is 0 Å². The standard InChI is InChI=1S/C9H10N2O2S/c1-13-6-3-4-7-8(5-6)11-9(10-7)14(2)12/h3-5H,1-2H3,(H,10,11)/t14-/m1/s1. The highest BCUT2D eigenvalue weighted by Crippen LogP contribution is 2.19. The number of rotatable bonds is 2. The molecule has 0 aliphatic carbocycles. The first-order chi connectivity index (χ1) is 6.70. The SMILES string of the molecule is COc1ccc2[nH]c([S@@+](C)[O-])nc2c1. The van der Waals surface area contributed by atoms with Gasteiger partial charge in [-0.1, -0.05) is 0 Å². The molecular weight excluding hydrogens is 200 g/mol. The second kappa shape index (κ2) is 3.51. The van der Waals surface area contributed by atoms with Crippen LogP contribution in [0.5, 0.6) is 5.75 Å². The quantitative estimate of drug-likeness (QED) is 0.760. The fourth-order valence-corrected chi connectivity index (χ4v) is 1.71. The Balaban J connectivity index is 2.54. The Morgan fingerprint density at radius 2 is 2.29 bits per heavy atom. The zero-order valence-electron chi connectivity index (χ0n) is 7.90. The van der Waals surface area contributed by atoms with E-state index in [-0.39, 0.29) is 0 Å². The van der Waals surface area contributed by atoms with Crippen LogP contribution in [0.3, 0.4) is 0 Å². The fourth-order valence-electron chi connectivity index (χ4n) is 1.23. The number of aromatic amines is 1. The molecule has 0 saturated carbocycles. The zero-order valence-corrected chi connectivity index (χ0v) is 8.72. The molecular formula is C9H10N2O2S. The summed E-state index contributed by atoms with van der Waals surface area (Å²) in [5, 5.41) is 0.494. The number of methoxy groups -OCH3 is 1. The lowest BCUT2D eigenvalue weighted by molar-refractivity contribution is 0.415. The van der Waals surface area contributed by atoms with Crippen molar-refractivity contribution in [1.82, 2.24) is 9.97 Å². The van der Waals surface area contributed by atoms with Crippen LogP contribution in [0.2, 0.25) is 0 Å². The number of hydrogen-bond donors (Lipinski definition) is 1. The molecule has 0 unspecified atom stereocenters. The number of benzene rings is 1. The van der Waals surface area contributed by atoms with Crippen LogP contribution >= 0.6 is 0 Å². The topological polar surface area (TPSA) is 61.0 Å². The maximum Gasteiger partial charge on any atom is 0.321 e. The van der Waals surface area contributed by atoms with Crippen LogP contribution in [0.15, 0.2) is 23.4 Å². The van der Waals surface area contributed by atoms with E-state index < -0.39 is 11.2 Å².